The standard InChI is InChI=1S/C25H35N5O4/c1-6-34-23-10-7-21(8-11-23)26-15-25(31)28-27-14-20-13-22(30(32)33)9-12-24(20)29(16-18(2)3)17-19(4)5/h7-14,18-19,26H,6,15-17H2,1-5H3,(H,28,31)/b27-14+. The molecule has 0 heterocycles. The number of nitro benzene ring substituents is 1. The van der Waals surface area contributed by atoms with Gasteiger partial charge in [-0.05, 0) is 49.1 Å². The minimum absolute atomic E-state index is 0.0252. The van der Waals surface area contributed by atoms with Gasteiger partial charge in [0, 0.05) is 42.2 Å². The molecule has 0 fully saturated rings. The number of benzene rings is 2. The van der Waals surface area contributed by atoms with Crippen LogP contribution in [0.25, 0.3) is 0 Å². The largest absolute Gasteiger partial charge is 0.494 e. The van der Waals surface area contributed by atoms with Crippen LogP contribution in [-0.2, 0) is 4.79 Å². The molecule has 184 valence electrons. The van der Waals surface area contributed by atoms with Crippen molar-refractivity contribution in [1.29, 1.82) is 0 Å². The van der Waals surface area contributed by atoms with E-state index >= 15 is 0 Å². The molecule has 0 saturated heterocycles. The van der Waals surface area contributed by atoms with Crippen LogP contribution in [0.3, 0.4) is 0 Å². The molecule has 0 aromatic heterocycles. The molecule has 2 aromatic carbocycles. The number of nitrogens with zero attached hydrogens (tertiary/aromatic N) is 3. The number of non-ortho nitro benzene ring substituents is 1. The molecule has 2 aromatic rings. The molecule has 2 N–H and O–H groups in total. The van der Waals surface area contributed by atoms with E-state index in [2.05, 4.69) is 48.4 Å². The van der Waals surface area contributed by atoms with Crippen LogP contribution in [0.15, 0.2) is 47.6 Å². The Balaban J connectivity index is 2.10. The lowest BCUT2D eigenvalue weighted by molar-refractivity contribution is -0.384. The molecule has 0 aliphatic carbocycles. The van der Waals surface area contributed by atoms with E-state index in [1.807, 2.05) is 31.2 Å². The summed E-state index contributed by atoms with van der Waals surface area (Å²) < 4.78 is 5.40. The minimum Gasteiger partial charge on any atom is -0.494 e. The maximum absolute atomic E-state index is 12.2. The first kappa shape index (κ1) is 26.6. The molecule has 2 rings (SSSR count). The maximum Gasteiger partial charge on any atom is 0.270 e. The number of carbonyl (C=O) groups excluding carboxylic acids is 1. The van der Waals surface area contributed by atoms with Crippen molar-refractivity contribution in [1.82, 2.24) is 5.43 Å². The van der Waals surface area contributed by atoms with Gasteiger partial charge < -0.3 is 15.0 Å². The predicted molar refractivity (Wildman–Crippen MR) is 137 cm³/mol. The third-order valence-corrected chi connectivity index (χ3v) is 4.74. The molecular formula is C25H35N5O4. The fourth-order valence-electron chi connectivity index (χ4n) is 3.43. The van der Waals surface area contributed by atoms with Gasteiger partial charge in [-0.25, -0.2) is 5.43 Å². The van der Waals surface area contributed by atoms with Crippen LogP contribution >= 0.6 is 0 Å². The average molecular weight is 470 g/mol. The monoisotopic (exact) mass is 469 g/mol. The van der Waals surface area contributed by atoms with E-state index < -0.39 is 4.92 Å². The Morgan fingerprint density at radius 2 is 1.76 bits per heavy atom. The molecule has 34 heavy (non-hydrogen) atoms. The lowest BCUT2D eigenvalue weighted by atomic mass is 10.1. The minimum atomic E-state index is -0.435. The Labute approximate surface area is 201 Å². The molecule has 0 atom stereocenters. The Hall–Kier alpha value is -3.62. The van der Waals surface area contributed by atoms with E-state index in [-0.39, 0.29) is 18.1 Å². The van der Waals surface area contributed by atoms with Gasteiger partial charge in [-0.15, -0.1) is 0 Å². The molecule has 0 unspecified atom stereocenters. The summed E-state index contributed by atoms with van der Waals surface area (Å²) >= 11 is 0. The highest BCUT2D eigenvalue weighted by molar-refractivity contribution is 5.90. The third-order valence-electron chi connectivity index (χ3n) is 4.74. The summed E-state index contributed by atoms with van der Waals surface area (Å²) in [6.07, 6.45) is 1.46. The normalized spacial score (nSPS) is 11.1. The molecule has 1 amide bonds. The Bertz CT molecular complexity index is 964. The van der Waals surface area contributed by atoms with Crippen LogP contribution in [0.4, 0.5) is 17.1 Å². The smallest absolute Gasteiger partial charge is 0.270 e. The molecular weight excluding hydrogens is 434 g/mol. The second-order valence-corrected chi connectivity index (χ2v) is 8.80. The Kier molecular flexibility index (Phi) is 10.3. The van der Waals surface area contributed by atoms with E-state index in [9.17, 15) is 14.9 Å². The Morgan fingerprint density at radius 1 is 1.12 bits per heavy atom. The first-order chi connectivity index (χ1) is 16.2. The van der Waals surface area contributed by atoms with Crippen LogP contribution in [0.5, 0.6) is 5.75 Å². The first-order valence-corrected chi connectivity index (χ1v) is 11.5. The van der Waals surface area contributed by atoms with Crippen LogP contribution in [0, 0.1) is 22.0 Å². The number of carbonyl (C=O) groups is 1. The quantitative estimate of drug-likeness (QED) is 0.251. The van der Waals surface area contributed by atoms with Crippen LogP contribution in [-0.4, -0.2) is 43.3 Å². The highest BCUT2D eigenvalue weighted by Gasteiger charge is 2.17. The molecule has 0 aliphatic heterocycles. The number of nitrogens with one attached hydrogen (secondary N) is 2. The highest BCUT2D eigenvalue weighted by Crippen LogP contribution is 2.26. The van der Waals surface area contributed by atoms with E-state index in [1.54, 1.807) is 6.07 Å². The number of hydrazone groups is 1. The van der Waals surface area contributed by atoms with Gasteiger partial charge in [0.05, 0.1) is 24.3 Å². The SMILES string of the molecule is CCOc1ccc(NCC(=O)N/N=C/c2cc([N+](=O)[O-])ccc2N(CC(C)C)CC(C)C)cc1. The van der Waals surface area contributed by atoms with Gasteiger partial charge in [-0.2, -0.15) is 5.10 Å². The summed E-state index contributed by atoms with van der Waals surface area (Å²) in [7, 11) is 0. The second kappa shape index (κ2) is 13.2. The number of hydrogen-bond donors (Lipinski definition) is 2. The van der Waals surface area contributed by atoms with Gasteiger partial charge >= 0.3 is 0 Å². The van der Waals surface area contributed by atoms with Gasteiger partial charge in [0.25, 0.3) is 11.6 Å². The lowest BCUT2D eigenvalue weighted by Crippen LogP contribution is -2.32. The summed E-state index contributed by atoms with van der Waals surface area (Å²) in [6, 6.07) is 12.0. The van der Waals surface area contributed by atoms with Crippen molar-refractivity contribution < 1.29 is 14.5 Å². The van der Waals surface area contributed by atoms with Crippen molar-refractivity contribution >= 4 is 29.2 Å². The lowest BCUT2D eigenvalue weighted by Gasteiger charge is -2.29. The van der Waals surface area contributed by atoms with Crippen LogP contribution in [0.2, 0.25) is 0 Å². The van der Waals surface area contributed by atoms with Gasteiger partial charge in [-0.3, -0.25) is 14.9 Å². The topological polar surface area (TPSA) is 109 Å². The fourth-order valence-corrected chi connectivity index (χ4v) is 3.43. The molecule has 0 radical (unpaired) electrons. The number of rotatable bonds is 13. The molecule has 0 saturated carbocycles. The van der Waals surface area contributed by atoms with Crippen molar-refractivity contribution in [3.63, 3.8) is 0 Å². The number of ether oxygens (including phenoxy) is 1. The van der Waals surface area contributed by atoms with E-state index in [4.69, 9.17) is 4.74 Å². The molecule has 0 aliphatic rings. The van der Waals surface area contributed by atoms with Crippen molar-refractivity contribution in [2.24, 2.45) is 16.9 Å². The average Bonchev–Trinajstić information content (AvgIpc) is 2.77. The zero-order valence-corrected chi connectivity index (χ0v) is 20.6. The maximum atomic E-state index is 12.2. The molecule has 0 spiro atoms. The van der Waals surface area contributed by atoms with Gasteiger partial charge in [0.15, 0.2) is 0 Å². The molecule has 9 heteroatoms. The predicted octanol–water partition coefficient (Wildman–Crippen LogP) is 4.67. The number of nitro groups is 1. The summed E-state index contributed by atoms with van der Waals surface area (Å²) in [5, 5.41) is 18.4. The van der Waals surface area contributed by atoms with Crippen molar-refractivity contribution in [3.8, 4) is 5.75 Å². The van der Waals surface area contributed by atoms with Crippen LogP contribution < -0.4 is 20.4 Å². The van der Waals surface area contributed by atoms with E-state index in [0.29, 0.717) is 24.0 Å². The van der Waals surface area contributed by atoms with E-state index in [0.717, 1.165) is 30.2 Å². The zero-order valence-electron chi connectivity index (χ0n) is 20.6. The number of anilines is 2. The summed E-state index contributed by atoms with van der Waals surface area (Å²) in [6.45, 7) is 12.7. The number of hydrogen-bond acceptors (Lipinski definition) is 7. The first-order valence-electron chi connectivity index (χ1n) is 11.5. The summed E-state index contributed by atoms with van der Waals surface area (Å²) in [4.78, 5) is 25.3. The number of amides is 1. The third kappa shape index (κ3) is 8.73. The summed E-state index contributed by atoms with van der Waals surface area (Å²) in [5.74, 6) is 1.25. The fraction of sp³-hybridized carbons (Fsp3) is 0.440. The highest BCUT2D eigenvalue weighted by atomic mass is 16.6. The molecule has 0 bridgehead atoms. The summed E-state index contributed by atoms with van der Waals surface area (Å²) in [5.41, 5.74) is 4.66. The van der Waals surface area contributed by atoms with Gasteiger partial charge in [0.1, 0.15) is 5.75 Å². The van der Waals surface area contributed by atoms with Crippen molar-refractivity contribution in [2.45, 2.75) is 34.6 Å². The van der Waals surface area contributed by atoms with Crippen LogP contribution in [0.1, 0.15) is 40.2 Å². The zero-order chi connectivity index (χ0) is 25.1. The van der Waals surface area contributed by atoms with Crippen molar-refractivity contribution in [3.05, 3.63) is 58.1 Å². The molecule has 9 nitrogen and oxygen atoms in total. The second-order valence-electron chi connectivity index (χ2n) is 8.80. The van der Waals surface area contributed by atoms with E-state index in [1.165, 1.54) is 18.3 Å². The van der Waals surface area contributed by atoms with Crippen molar-refractivity contribution in [2.75, 3.05) is 36.5 Å². The van der Waals surface area contributed by atoms with Gasteiger partial charge in [-0.1, -0.05) is 27.7 Å². The Morgan fingerprint density at radius 3 is 2.32 bits per heavy atom. The van der Waals surface area contributed by atoms with Gasteiger partial charge in [0.2, 0.25) is 0 Å².